The Kier molecular flexibility index (Phi) is 4.35. The molecular formula is C9H8BrClFNO2. The minimum absolute atomic E-state index is 0.229. The minimum Gasteiger partial charge on any atom is -0.433 e. The Labute approximate surface area is 99.7 Å². The first kappa shape index (κ1) is 12.3. The number of aryl methyl sites for hydroxylation is 1. The van der Waals surface area contributed by atoms with Gasteiger partial charge in [0.05, 0.1) is 4.47 Å². The molecule has 1 rings (SSSR count). The first-order valence-electron chi connectivity index (χ1n) is 4.00. The summed E-state index contributed by atoms with van der Waals surface area (Å²) in [6, 6.07) is 2.54. The van der Waals surface area contributed by atoms with Gasteiger partial charge in [-0.2, -0.15) is 0 Å². The topological polar surface area (TPSA) is 38.3 Å². The highest BCUT2D eigenvalue weighted by Crippen LogP contribution is 2.24. The Bertz CT molecular complexity index is 387. The fraction of sp³-hybridized carbons (Fsp3) is 0.222. The number of alkyl halides is 1. The van der Waals surface area contributed by atoms with Gasteiger partial charge in [0.25, 0.3) is 0 Å². The van der Waals surface area contributed by atoms with E-state index in [0.29, 0.717) is 11.3 Å². The Morgan fingerprint density at radius 1 is 1.67 bits per heavy atom. The maximum absolute atomic E-state index is 13.0. The van der Waals surface area contributed by atoms with Gasteiger partial charge in [-0.25, -0.2) is 9.18 Å². The summed E-state index contributed by atoms with van der Waals surface area (Å²) in [7, 11) is 0. The van der Waals surface area contributed by atoms with E-state index in [0.717, 1.165) is 0 Å². The molecule has 0 radical (unpaired) electrons. The van der Waals surface area contributed by atoms with Gasteiger partial charge in [0.2, 0.25) is 0 Å². The van der Waals surface area contributed by atoms with Gasteiger partial charge < -0.3 is 4.74 Å². The molecule has 0 saturated carbocycles. The summed E-state index contributed by atoms with van der Waals surface area (Å²) in [6.07, 6.45) is -0.674. The van der Waals surface area contributed by atoms with Gasteiger partial charge in [-0.05, 0) is 40.5 Å². The third-order valence-electron chi connectivity index (χ3n) is 1.69. The van der Waals surface area contributed by atoms with Crippen molar-refractivity contribution in [2.24, 2.45) is 0 Å². The van der Waals surface area contributed by atoms with Crippen LogP contribution in [0, 0.1) is 12.7 Å². The van der Waals surface area contributed by atoms with Crippen LogP contribution in [0.5, 0.6) is 0 Å². The van der Waals surface area contributed by atoms with E-state index in [1.807, 2.05) is 0 Å². The normalized spacial score (nSPS) is 9.87. The van der Waals surface area contributed by atoms with Gasteiger partial charge >= 0.3 is 6.09 Å². The zero-order chi connectivity index (χ0) is 11.4. The second kappa shape index (κ2) is 5.32. The van der Waals surface area contributed by atoms with Crippen LogP contribution in [0.25, 0.3) is 0 Å². The van der Waals surface area contributed by atoms with E-state index in [-0.39, 0.29) is 16.4 Å². The largest absolute Gasteiger partial charge is 0.433 e. The van der Waals surface area contributed by atoms with E-state index in [1.54, 1.807) is 6.92 Å². The first-order chi connectivity index (χ1) is 7.04. The first-order valence-corrected chi connectivity index (χ1v) is 5.32. The summed E-state index contributed by atoms with van der Waals surface area (Å²) >= 11 is 8.22. The zero-order valence-corrected chi connectivity index (χ0v) is 10.2. The predicted molar refractivity (Wildman–Crippen MR) is 59.7 cm³/mol. The molecule has 1 aromatic carbocycles. The van der Waals surface area contributed by atoms with E-state index in [2.05, 4.69) is 26.0 Å². The fourth-order valence-electron chi connectivity index (χ4n) is 0.977. The van der Waals surface area contributed by atoms with Gasteiger partial charge in [0, 0.05) is 5.69 Å². The predicted octanol–water partition coefficient (Wildman–Crippen LogP) is 3.64. The van der Waals surface area contributed by atoms with E-state index in [4.69, 9.17) is 11.6 Å². The Hall–Kier alpha value is -0.810. The number of benzene rings is 1. The van der Waals surface area contributed by atoms with Crippen molar-refractivity contribution in [2.75, 3.05) is 11.4 Å². The lowest BCUT2D eigenvalue weighted by molar-refractivity contribution is 0.180. The molecule has 6 heteroatoms. The summed E-state index contributed by atoms with van der Waals surface area (Å²) < 4.78 is 17.8. The average Bonchev–Trinajstić information content (AvgIpc) is 2.14. The number of halogens is 3. The molecule has 0 bridgehead atoms. The molecule has 0 unspecified atom stereocenters. The highest BCUT2D eigenvalue weighted by Gasteiger charge is 2.08. The van der Waals surface area contributed by atoms with Crippen molar-refractivity contribution in [3.8, 4) is 0 Å². The fourth-order valence-corrected chi connectivity index (χ4v) is 1.42. The lowest BCUT2D eigenvalue weighted by atomic mass is 10.2. The molecular weight excluding hydrogens is 288 g/mol. The number of rotatable bonds is 2. The van der Waals surface area contributed by atoms with Gasteiger partial charge in [0.15, 0.2) is 6.07 Å². The quantitative estimate of drug-likeness (QED) is 0.846. The highest BCUT2D eigenvalue weighted by atomic mass is 79.9. The maximum Gasteiger partial charge on any atom is 0.412 e. The van der Waals surface area contributed by atoms with Crippen molar-refractivity contribution in [2.45, 2.75) is 6.92 Å². The molecule has 0 atom stereocenters. The van der Waals surface area contributed by atoms with E-state index in [9.17, 15) is 9.18 Å². The number of carbonyl (C=O) groups is 1. The number of amides is 1. The Morgan fingerprint density at radius 3 is 2.93 bits per heavy atom. The number of anilines is 1. The number of nitrogens with one attached hydrogen (secondary N) is 1. The molecule has 3 nitrogen and oxygen atoms in total. The van der Waals surface area contributed by atoms with Crippen LogP contribution < -0.4 is 5.32 Å². The lowest BCUT2D eigenvalue weighted by Gasteiger charge is -2.08. The molecule has 0 aromatic heterocycles. The number of hydrogen-bond acceptors (Lipinski definition) is 2. The molecule has 1 N–H and O–H groups in total. The molecule has 82 valence electrons. The van der Waals surface area contributed by atoms with Crippen molar-refractivity contribution in [1.29, 1.82) is 0 Å². The van der Waals surface area contributed by atoms with Gasteiger partial charge in [0.1, 0.15) is 5.82 Å². The lowest BCUT2D eigenvalue weighted by Crippen LogP contribution is -2.13. The van der Waals surface area contributed by atoms with Crippen LogP contribution in [0.15, 0.2) is 16.6 Å². The van der Waals surface area contributed by atoms with Crippen LogP contribution in [-0.4, -0.2) is 12.2 Å². The van der Waals surface area contributed by atoms with E-state index in [1.165, 1.54) is 12.1 Å². The molecule has 0 aliphatic heterocycles. The average molecular weight is 297 g/mol. The third kappa shape index (κ3) is 3.35. The molecule has 0 saturated heterocycles. The molecule has 0 spiro atoms. The maximum atomic E-state index is 13.0. The van der Waals surface area contributed by atoms with Crippen LogP contribution in [0.4, 0.5) is 14.9 Å². The SMILES string of the molecule is Cc1cc(F)c(Br)cc1NC(=O)OCCl. The zero-order valence-electron chi connectivity index (χ0n) is 7.81. The highest BCUT2D eigenvalue weighted by molar-refractivity contribution is 9.10. The summed E-state index contributed by atoms with van der Waals surface area (Å²) in [6.45, 7) is 1.67. The molecule has 0 heterocycles. The smallest absolute Gasteiger partial charge is 0.412 e. The minimum atomic E-state index is -0.674. The van der Waals surface area contributed by atoms with Crippen LogP contribution in [-0.2, 0) is 4.74 Å². The summed E-state index contributed by atoms with van der Waals surface area (Å²) in [5, 5.41) is 2.44. The molecule has 1 aromatic rings. The molecule has 15 heavy (non-hydrogen) atoms. The van der Waals surface area contributed by atoms with Crippen molar-refractivity contribution in [1.82, 2.24) is 0 Å². The van der Waals surface area contributed by atoms with Crippen molar-refractivity contribution in [3.63, 3.8) is 0 Å². The second-order valence-corrected chi connectivity index (χ2v) is 3.82. The van der Waals surface area contributed by atoms with Crippen LogP contribution in [0.2, 0.25) is 0 Å². The number of carbonyl (C=O) groups excluding carboxylic acids is 1. The van der Waals surface area contributed by atoms with Crippen LogP contribution in [0.3, 0.4) is 0 Å². The summed E-state index contributed by atoms with van der Waals surface area (Å²) in [5.74, 6) is -0.385. The van der Waals surface area contributed by atoms with Gasteiger partial charge in [-0.15, -0.1) is 0 Å². The van der Waals surface area contributed by atoms with E-state index < -0.39 is 6.09 Å². The summed E-state index contributed by atoms with van der Waals surface area (Å²) in [5.41, 5.74) is 1.07. The van der Waals surface area contributed by atoms with Crippen molar-refractivity contribution in [3.05, 3.63) is 28.0 Å². The molecule has 0 fully saturated rings. The molecule has 1 amide bonds. The van der Waals surface area contributed by atoms with Crippen molar-refractivity contribution < 1.29 is 13.9 Å². The molecule has 0 aliphatic rings. The second-order valence-electron chi connectivity index (χ2n) is 2.75. The number of hydrogen-bond donors (Lipinski definition) is 1. The van der Waals surface area contributed by atoms with Crippen molar-refractivity contribution >= 4 is 39.3 Å². The van der Waals surface area contributed by atoms with Crippen LogP contribution >= 0.6 is 27.5 Å². The van der Waals surface area contributed by atoms with E-state index >= 15 is 0 Å². The molecule has 0 aliphatic carbocycles. The standard InChI is InChI=1S/C9H8BrClFNO2/c1-5-2-7(12)6(10)3-8(5)13-9(14)15-4-11/h2-3H,4H2,1H3,(H,13,14). The monoisotopic (exact) mass is 295 g/mol. The van der Waals surface area contributed by atoms with Gasteiger partial charge in [-0.3, -0.25) is 5.32 Å². The van der Waals surface area contributed by atoms with Gasteiger partial charge in [-0.1, -0.05) is 11.6 Å². The number of ether oxygens (including phenoxy) is 1. The summed E-state index contributed by atoms with van der Waals surface area (Å²) in [4.78, 5) is 11.0. The Morgan fingerprint density at radius 2 is 2.33 bits per heavy atom. The van der Waals surface area contributed by atoms with Crippen LogP contribution in [0.1, 0.15) is 5.56 Å². The Balaban J connectivity index is 2.86. The third-order valence-corrected chi connectivity index (χ3v) is 2.41.